The lowest BCUT2D eigenvalue weighted by Gasteiger charge is -2.32. The zero-order valence-electron chi connectivity index (χ0n) is 21.9. The Morgan fingerprint density at radius 1 is 1.11 bits per heavy atom. The summed E-state index contributed by atoms with van der Waals surface area (Å²) in [7, 11) is 1.61. The van der Waals surface area contributed by atoms with Gasteiger partial charge in [-0.05, 0) is 48.4 Å². The molecule has 1 saturated heterocycles. The van der Waals surface area contributed by atoms with Crippen LogP contribution >= 0.6 is 0 Å². The molecule has 38 heavy (non-hydrogen) atoms. The number of rotatable bonds is 11. The van der Waals surface area contributed by atoms with Crippen molar-refractivity contribution in [3.63, 3.8) is 0 Å². The number of halogens is 1. The third-order valence-electron chi connectivity index (χ3n) is 6.47. The van der Waals surface area contributed by atoms with Gasteiger partial charge in [-0.3, -0.25) is 9.69 Å². The maximum atomic E-state index is 13.3. The van der Waals surface area contributed by atoms with E-state index in [2.05, 4.69) is 9.88 Å². The molecule has 0 saturated carbocycles. The van der Waals surface area contributed by atoms with E-state index in [1.807, 2.05) is 29.0 Å². The number of nitrogens with zero attached hydrogens (tertiary/aromatic N) is 4. The lowest BCUT2D eigenvalue weighted by molar-refractivity contribution is -0.132. The number of hydrogen-bond acceptors (Lipinski definition) is 7. The molecule has 9 nitrogen and oxygen atoms in total. The first-order chi connectivity index (χ1) is 18.3. The number of imidazole rings is 1. The predicted octanol–water partition coefficient (Wildman–Crippen LogP) is 2.97. The standard InChI is InChI=1S/C28H35FN4O5/c1-22(34)33-14-13-32(18-28(35,19-33)20-38-25-7-5-24(29)6-8-25)17-23-4-9-26(36-2)27(16-23)37-15-3-11-31-12-10-30-21-31/h4-10,12,16,21,35H,3,11,13-15,17-20H2,1-2H3/t28-/m1/s1. The molecule has 0 bridgehead atoms. The number of benzene rings is 2. The van der Waals surface area contributed by atoms with Gasteiger partial charge in [-0.2, -0.15) is 0 Å². The zero-order valence-corrected chi connectivity index (χ0v) is 21.9. The van der Waals surface area contributed by atoms with Crippen LogP contribution in [0.5, 0.6) is 17.2 Å². The fourth-order valence-electron chi connectivity index (χ4n) is 4.52. The van der Waals surface area contributed by atoms with E-state index in [1.54, 1.807) is 24.5 Å². The van der Waals surface area contributed by atoms with Crippen LogP contribution in [0.15, 0.2) is 61.2 Å². The third-order valence-corrected chi connectivity index (χ3v) is 6.47. The van der Waals surface area contributed by atoms with Crippen LogP contribution in [0.1, 0.15) is 18.9 Å². The summed E-state index contributed by atoms with van der Waals surface area (Å²) in [6.45, 7) is 4.85. The Morgan fingerprint density at radius 2 is 1.92 bits per heavy atom. The van der Waals surface area contributed by atoms with Crippen molar-refractivity contribution in [2.24, 2.45) is 0 Å². The number of carbonyl (C=O) groups excluding carboxylic acids is 1. The Hall–Kier alpha value is -3.63. The van der Waals surface area contributed by atoms with Crippen molar-refractivity contribution >= 4 is 5.91 Å². The van der Waals surface area contributed by atoms with Gasteiger partial charge in [0.15, 0.2) is 11.5 Å². The molecule has 4 rings (SSSR count). The van der Waals surface area contributed by atoms with Crippen LogP contribution in [0.4, 0.5) is 4.39 Å². The summed E-state index contributed by atoms with van der Waals surface area (Å²) in [4.78, 5) is 20.0. The Labute approximate surface area is 222 Å². The number of methoxy groups -OCH3 is 1. The van der Waals surface area contributed by atoms with E-state index in [0.717, 1.165) is 18.5 Å². The van der Waals surface area contributed by atoms with Gasteiger partial charge in [-0.15, -0.1) is 0 Å². The summed E-state index contributed by atoms with van der Waals surface area (Å²) in [5, 5.41) is 11.5. The fraction of sp³-hybridized carbons (Fsp3) is 0.429. The third kappa shape index (κ3) is 7.69. The highest BCUT2D eigenvalue weighted by Gasteiger charge is 2.37. The Bertz CT molecular complexity index is 1170. The van der Waals surface area contributed by atoms with Gasteiger partial charge in [0.1, 0.15) is 23.8 Å². The molecule has 1 atom stereocenters. The molecule has 2 heterocycles. The van der Waals surface area contributed by atoms with Crippen molar-refractivity contribution in [1.82, 2.24) is 19.4 Å². The second-order valence-corrected chi connectivity index (χ2v) is 9.61. The predicted molar refractivity (Wildman–Crippen MR) is 140 cm³/mol. The molecule has 0 aliphatic carbocycles. The molecule has 0 unspecified atom stereocenters. The Balaban J connectivity index is 1.41. The van der Waals surface area contributed by atoms with Crippen molar-refractivity contribution in [3.05, 3.63) is 72.6 Å². The summed E-state index contributed by atoms with van der Waals surface area (Å²) in [6.07, 6.45) is 6.27. The molecule has 1 aromatic heterocycles. The van der Waals surface area contributed by atoms with Crippen molar-refractivity contribution in [2.45, 2.75) is 32.0 Å². The van der Waals surface area contributed by atoms with Crippen LogP contribution in [-0.4, -0.2) is 82.5 Å². The fourth-order valence-corrected chi connectivity index (χ4v) is 4.52. The largest absolute Gasteiger partial charge is 0.493 e. The van der Waals surface area contributed by atoms with Gasteiger partial charge in [0.05, 0.1) is 26.6 Å². The van der Waals surface area contributed by atoms with Gasteiger partial charge >= 0.3 is 0 Å². The molecule has 1 amide bonds. The molecule has 0 radical (unpaired) electrons. The van der Waals surface area contributed by atoms with Crippen molar-refractivity contribution in [2.75, 3.05) is 46.5 Å². The summed E-state index contributed by atoms with van der Waals surface area (Å²) in [6, 6.07) is 11.5. The second kappa shape index (κ2) is 12.7. The van der Waals surface area contributed by atoms with E-state index in [4.69, 9.17) is 14.2 Å². The normalized spacial score (nSPS) is 18.2. The number of amides is 1. The number of aliphatic hydroxyl groups is 1. The SMILES string of the molecule is COc1ccc(CN2CCN(C(C)=O)C[C@@](O)(COc3ccc(F)cc3)C2)cc1OCCCn1ccnc1. The highest BCUT2D eigenvalue weighted by molar-refractivity contribution is 5.73. The molecule has 10 heteroatoms. The second-order valence-electron chi connectivity index (χ2n) is 9.61. The molecule has 1 N–H and O–H groups in total. The van der Waals surface area contributed by atoms with Crippen LogP contribution in [0, 0.1) is 5.82 Å². The number of carbonyl (C=O) groups is 1. The van der Waals surface area contributed by atoms with Gasteiger partial charge in [-0.1, -0.05) is 6.07 Å². The molecule has 204 valence electrons. The van der Waals surface area contributed by atoms with Crippen LogP contribution in [-0.2, 0) is 17.9 Å². The topological polar surface area (TPSA) is 89.3 Å². The average molecular weight is 527 g/mol. The number of ether oxygens (including phenoxy) is 3. The van der Waals surface area contributed by atoms with E-state index in [-0.39, 0.29) is 24.9 Å². The van der Waals surface area contributed by atoms with Crippen LogP contribution in [0.3, 0.4) is 0 Å². The van der Waals surface area contributed by atoms with E-state index in [9.17, 15) is 14.3 Å². The Kier molecular flexibility index (Phi) is 9.19. The quantitative estimate of drug-likeness (QED) is 0.384. The average Bonchev–Trinajstić information content (AvgIpc) is 3.36. The number of aromatic nitrogens is 2. The van der Waals surface area contributed by atoms with Crippen LogP contribution in [0.2, 0.25) is 0 Å². The summed E-state index contributed by atoms with van der Waals surface area (Å²) >= 11 is 0. The monoisotopic (exact) mass is 526 g/mol. The van der Waals surface area contributed by atoms with Crippen LogP contribution in [0.25, 0.3) is 0 Å². The molecular formula is C28H35FN4O5. The first kappa shape index (κ1) is 27.4. The van der Waals surface area contributed by atoms with Crippen molar-refractivity contribution < 1.29 is 28.5 Å². The molecule has 3 aromatic rings. The lowest BCUT2D eigenvalue weighted by atomic mass is 10.0. The number of aryl methyl sites for hydroxylation is 1. The van der Waals surface area contributed by atoms with Gasteiger partial charge in [-0.25, -0.2) is 9.37 Å². The highest BCUT2D eigenvalue weighted by atomic mass is 19.1. The molecule has 1 aliphatic rings. The molecule has 1 fully saturated rings. The Morgan fingerprint density at radius 3 is 2.63 bits per heavy atom. The number of β-amino-alcohol motifs (C(OH)–C–C–N with tert-alkyl or cyclic N) is 1. The molecular weight excluding hydrogens is 491 g/mol. The summed E-state index contributed by atoms with van der Waals surface area (Å²) in [5.74, 6) is 1.29. The van der Waals surface area contributed by atoms with E-state index >= 15 is 0 Å². The summed E-state index contributed by atoms with van der Waals surface area (Å²) in [5.41, 5.74) is -0.316. The summed E-state index contributed by atoms with van der Waals surface area (Å²) < 4.78 is 32.6. The zero-order chi connectivity index (χ0) is 27.0. The minimum absolute atomic E-state index is 0.0349. The number of hydrogen-bond donors (Lipinski definition) is 1. The first-order valence-electron chi connectivity index (χ1n) is 12.7. The highest BCUT2D eigenvalue weighted by Crippen LogP contribution is 2.29. The maximum absolute atomic E-state index is 13.3. The van der Waals surface area contributed by atoms with E-state index in [0.29, 0.717) is 50.0 Å². The lowest BCUT2D eigenvalue weighted by Crippen LogP contribution is -2.51. The van der Waals surface area contributed by atoms with E-state index < -0.39 is 5.60 Å². The van der Waals surface area contributed by atoms with Gasteiger partial charge in [0, 0.05) is 52.0 Å². The van der Waals surface area contributed by atoms with Gasteiger partial charge in [0.2, 0.25) is 5.91 Å². The molecule has 1 aliphatic heterocycles. The van der Waals surface area contributed by atoms with Crippen molar-refractivity contribution in [1.29, 1.82) is 0 Å². The van der Waals surface area contributed by atoms with Crippen molar-refractivity contribution in [3.8, 4) is 17.2 Å². The first-order valence-corrected chi connectivity index (χ1v) is 12.7. The van der Waals surface area contributed by atoms with E-state index in [1.165, 1.54) is 31.2 Å². The molecule has 2 aromatic carbocycles. The minimum Gasteiger partial charge on any atom is -0.493 e. The van der Waals surface area contributed by atoms with Gasteiger partial charge < -0.3 is 28.8 Å². The minimum atomic E-state index is -1.31. The van der Waals surface area contributed by atoms with Crippen LogP contribution < -0.4 is 14.2 Å². The van der Waals surface area contributed by atoms with Gasteiger partial charge in [0.25, 0.3) is 0 Å². The smallest absolute Gasteiger partial charge is 0.219 e. The maximum Gasteiger partial charge on any atom is 0.219 e. The molecule has 0 spiro atoms.